The van der Waals surface area contributed by atoms with E-state index in [1.54, 1.807) is 0 Å². The Morgan fingerprint density at radius 1 is 1.03 bits per heavy atom. The first-order valence-electron chi connectivity index (χ1n) is 11.3. The number of pyridine rings is 1. The van der Waals surface area contributed by atoms with E-state index in [1.807, 2.05) is 65.9 Å². The van der Waals surface area contributed by atoms with Gasteiger partial charge in [0.05, 0.1) is 11.8 Å². The van der Waals surface area contributed by atoms with Crippen molar-refractivity contribution in [2.24, 2.45) is 10.9 Å². The van der Waals surface area contributed by atoms with Crippen LogP contribution >= 0.6 is 0 Å². The molecule has 32 heavy (non-hydrogen) atoms. The molecule has 0 spiro atoms. The number of hydrogen-bond acceptors (Lipinski definition) is 4. The molecule has 0 saturated carbocycles. The monoisotopic (exact) mass is 437 g/mol. The highest BCUT2D eigenvalue weighted by atomic mass is 19.1. The molecule has 1 aliphatic heterocycles. The van der Waals surface area contributed by atoms with Gasteiger partial charge in [-0.25, -0.2) is 9.98 Å². The molecule has 3 aromatic rings. The van der Waals surface area contributed by atoms with Crippen LogP contribution in [0.25, 0.3) is 22.3 Å². The van der Waals surface area contributed by atoms with Crippen LogP contribution < -0.4 is 5.32 Å². The number of H-pyrrole nitrogens is 1. The second-order valence-electron chi connectivity index (χ2n) is 8.15. The maximum Gasteiger partial charge on any atom is 0.216 e. The first kappa shape index (κ1) is 25.4. The molecule has 1 fully saturated rings. The molecular formula is C26H36FN5. The van der Waals surface area contributed by atoms with Crippen LogP contribution in [0.15, 0.2) is 41.7 Å². The summed E-state index contributed by atoms with van der Waals surface area (Å²) in [5, 5.41) is 9.33. The van der Waals surface area contributed by atoms with Gasteiger partial charge in [-0.15, -0.1) is 0 Å². The van der Waals surface area contributed by atoms with Crippen LogP contribution in [-0.4, -0.2) is 34.0 Å². The predicted molar refractivity (Wildman–Crippen MR) is 133 cm³/mol. The number of nitrogens with one attached hydrogen (secondary N) is 2. The molecule has 2 N–H and O–H groups in total. The highest BCUT2D eigenvalue weighted by Crippen LogP contribution is 2.30. The summed E-state index contributed by atoms with van der Waals surface area (Å²) in [4.78, 5) is 8.89. The van der Waals surface area contributed by atoms with E-state index in [1.165, 1.54) is 25.7 Å². The van der Waals surface area contributed by atoms with Gasteiger partial charge in [0.1, 0.15) is 0 Å². The highest BCUT2D eigenvalue weighted by Gasteiger charge is 2.11. The Balaban J connectivity index is 0.000000387. The SMILES string of the molecule is CC.CC(C)=Nc1ncc(-c2ccc(-c3cn[nH]c3F)cc2C)cc1C.CC1CCNC1. The van der Waals surface area contributed by atoms with Crippen molar-refractivity contribution < 1.29 is 4.39 Å². The number of aliphatic imine (C=N–C) groups is 1. The normalized spacial score (nSPS) is 14.7. The summed E-state index contributed by atoms with van der Waals surface area (Å²) < 4.78 is 13.7. The summed E-state index contributed by atoms with van der Waals surface area (Å²) in [5.41, 5.74) is 6.42. The van der Waals surface area contributed by atoms with E-state index in [2.05, 4.69) is 38.5 Å². The molecule has 1 aromatic carbocycles. The molecule has 0 bridgehead atoms. The summed E-state index contributed by atoms with van der Waals surface area (Å²) in [5.74, 6) is 1.26. The van der Waals surface area contributed by atoms with Crippen molar-refractivity contribution in [1.29, 1.82) is 0 Å². The van der Waals surface area contributed by atoms with Crippen LogP contribution in [0.2, 0.25) is 0 Å². The Morgan fingerprint density at radius 2 is 1.75 bits per heavy atom. The lowest BCUT2D eigenvalue weighted by Gasteiger charge is -2.10. The molecule has 1 unspecified atom stereocenters. The van der Waals surface area contributed by atoms with Crippen molar-refractivity contribution in [3.05, 3.63) is 53.7 Å². The first-order chi connectivity index (χ1) is 15.3. The Kier molecular flexibility index (Phi) is 9.72. The fraction of sp³-hybridized carbons (Fsp3) is 0.423. The van der Waals surface area contributed by atoms with Crippen LogP contribution in [-0.2, 0) is 0 Å². The third-order valence-corrected chi connectivity index (χ3v) is 5.13. The third-order valence-electron chi connectivity index (χ3n) is 5.13. The number of aryl methyl sites for hydroxylation is 2. The number of rotatable bonds is 3. The van der Waals surface area contributed by atoms with Crippen LogP contribution in [0.3, 0.4) is 0 Å². The molecule has 0 radical (unpaired) electrons. The number of nitrogens with zero attached hydrogens (tertiary/aromatic N) is 3. The minimum Gasteiger partial charge on any atom is -0.316 e. The second kappa shape index (κ2) is 12.2. The average molecular weight is 438 g/mol. The molecule has 2 aromatic heterocycles. The van der Waals surface area contributed by atoms with E-state index >= 15 is 0 Å². The summed E-state index contributed by atoms with van der Waals surface area (Å²) in [6.07, 6.45) is 4.70. The number of hydrogen-bond donors (Lipinski definition) is 2. The molecule has 3 heterocycles. The molecule has 1 atom stereocenters. The molecule has 0 aliphatic carbocycles. The predicted octanol–water partition coefficient (Wildman–Crippen LogP) is 6.65. The molecule has 5 nitrogen and oxygen atoms in total. The lowest BCUT2D eigenvalue weighted by atomic mass is 9.97. The highest BCUT2D eigenvalue weighted by molar-refractivity contribution is 5.82. The second-order valence-corrected chi connectivity index (χ2v) is 8.15. The van der Waals surface area contributed by atoms with Crippen molar-refractivity contribution in [3.8, 4) is 22.3 Å². The van der Waals surface area contributed by atoms with Gasteiger partial charge in [0, 0.05) is 17.5 Å². The van der Waals surface area contributed by atoms with Gasteiger partial charge in [-0.3, -0.25) is 5.10 Å². The van der Waals surface area contributed by atoms with E-state index in [-0.39, 0.29) is 0 Å². The summed E-state index contributed by atoms with van der Waals surface area (Å²) >= 11 is 0. The Bertz CT molecular complexity index is 1030. The quantitative estimate of drug-likeness (QED) is 0.451. The molecule has 6 heteroatoms. The molecule has 1 aliphatic rings. The number of aromatic amines is 1. The summed E-state index contributed by atoms with van der Waals surface area (Å²) in [7, 11) is 0. The van der Waals surface area contributed by atoms with Gasteiger partial charge < -0.3 is 5.32 Å². The van der Waals surface area contributed by atoms with E-state index in [4.69, 9.17) is 0 Å². The minimum atomic E-state index is -0.420. The van der Waals surface area contributed by atoms with Crippen molar-refractivity contribution in [2.75, 3.05) is 13.1 Å². The fourth-order valence-corrected chi connectivity index (χ4v) is 3.47. The van der Waals surface area contributed by atoms with E-state index in [0.29, 0.717) is 5.56 Å². The summed E-state index contributed by atoms with van der Waals surface area (Å²) in [6.45, 7) is 16.7. The molecule has 4 rings (SSSR count). The third kappa shape index (κ3) is 6.82. The molecule has 1 saturated heterocycles. The minimum absolute atomic E-state index is 0.420. The Morgan fingerprint density at radius 3 is 2.22 bits per heavy atom. The van der Waals surface area contributed by atoms with E-state index in [0.717, 1.165) is 45.3 Å². The van der Waals surface area contributed by atoms with Crippen molar-refractivity contribution in [1.82, 2.24) is 20.5 Å². The van der Waals surface area contributed by atoms with Crippen molar-refractivity contribution >= 4 is 11.5 Å². The number of aromatic nitrogens is 3. The van der Waals surface area contributed by atoms with Crippen molar-refractivity contribution in [2.45, 2.75) is 54.9 Å². The average Bonchev–Trinajstić information content (AvgIpc) is 3.42. The smallest absolute Gasteiger partial charge is 0.216 e. The topological polar surface area (TPSA) is 66.0 Å². The van der Waals surface area contributed by atoms with Crippen LogP contribution in [0.1, 0.15) is 52.2 Å². The number of benzene rings is 1. The number of halogens is 1. The zero-order valence-corrected chi connectivity index (χ0v) is 20.4. The van der Waals surface area contributed by atoms with Gasteiger partial charge in [-0.05, 0) is 81.4 Å². The lowest BCUT2D eigenvalue weighted by Crippen LogP contribution is -2.06. The van der Waals surface area contributed by atoms with Gasteiger partial charge >= 0.3 is 0 Å². The Labute approximate surface area is 191 Å². The zero-order valence-electron chi connectivity index (χ0n) is 20.4. The van der Waals surface area contributed by atoms with E-state index in [9.17, 15) is 4.39 Å². The van der Waals surface area contributed by atoms with Crippen LogP contribution in [0, 0.1) is 25.7 Å². The standard InChI is InChI=1S/C19H19FN4.C5H11N.C2H6/c1-11(2)23-19-13(4)8-15(9-21-19)16-6-5-14(7-12(16)3)17-10-22-24-18(17)20;1-5-2-3-6-4-5;1-2/h5-10H,1-4H3,(H,22,24);5-6H,2-4H2,1H3;1-2H3. The fourth-order valence-electron chi connectivity index (χ4n) is 3.47. The van der Waals surface area contributed by atoms with Gasteiger partial charge in [0.25, 0.3) is 0 Å². The van der Waals surface area contributed by atoms with Gasteiger partial charge in [0.2, 0.25) is 5.95 Å². The van der Waals surface area contributed by atoms with Gasteiger partial charge in [0.15, 0.2) is 5.82 Å². The van der Waals surface area contributed by atoms with E-state index < -0.39 is 5.95 Å². The van der Waals surface area contributed by atoms with Crippen molar-refractivity contribution in [3.63, 3.8) is 0 Å². The largest absolute Gasteiger partial charge is 0.316 e. The van der Waals surface area contributed by atoms with Crippen LogP contribution in [0.5, 0.6) is 0 Å². The van der Waals surface area contributed by atoms with Gasteiger partial charge in [-0.2, -0.15) is 9.49 Å². The van der Waals surface area contributed by atoms with Crippen LogP contribution in [0.4, 0.5) is 10.2 Å². The van der Waals surface area contributed by atoms with Gasteiger partial charge in [-0.1, -0.05) is 39.0 Å². The lowest BCUT2D eigenvalue weighted by molar-refractivity contribution is 0.582. The maximum atomic E-state index is 13.7. The molecule has 172 valence electrons. The first-order valence-corrected chi connectivity index (χ1v) is 11.3. The maximum absolute atomic E-state index is 13.7. The summed E-state index contributed by atoms with van der Waals surface area (Å²) in [6, 6.07) is 7.92. The Hall–Kier alpha value is -2.86. The zero-order chi connectivity index (χ0) is 23.7. The molecule has 0 amide bonds. The molecular weight excluding hydrogens is 401 g/mol.